The fourth-order valence-electron chi connectivity index (χ4n) is 2.74. The van der Waals surface area contributed by atoms with Gasteiger partial charge in [-0.05, 0) is 0 Å². The number of aromatic nitrogens is 3. The molecule has 1 fully saturated rings. The van der Waals surface area contributed by atoms with Crippen molar-refractivity contribution < 1.29 is 20.1 Å². The third kappa shape index (κ3) is 1.98. The number of anilines is 1. The van der Waals surface area contributed by atoms with Crippen LogP contribution in [0.15, 0.2) is 12.5 Å². The molecule has 1 aliphatic rings. The molecule has 0 spiro atoms. The fourth-order valence-corrected chi connectivity index (χ4v) is 2.74. The first-order chi connectivity index (χ1) is 11.0. The lowest BCUT2D eigenvalue weighted by atomic mass is 9.93. The summed E-state index contributed by atoms with van der Waals surface area (Å²) in [6.45, 7) is -0.563. The second kappa shape index (κ2) is 5.23. The first-order valence-corrected chi connectivity index (χ1v) is 6.70. The molecule has 0 saturated carbocycles. The van der Waals surface area contributed by atoms with Crippen molar-refractivity contribution in [3.63, 3.8) is 0 Å². The smallest absolute Gasteiger partial charge is 0.183 e. The molecular weight excluding hydrogens is 300 g/mol. The Morgan fingerprint density at radius 1 is 1.43 bits per heavy atom. The third-order valence-corrected chi connectivity index (χ3v) is 3.98. The number of nitrogens with two attached hydrogens (primary N) is 1. The van der Waals surface area contributed by atoms with Gasteiger partial charge in [-0.15, -0.1) is 12.8 Å². The molecule has 3 heterocycles. The van der Waals surface area contributed by atoms with Gasteiger partial charge in [0.25, 0.3) is 0 Å². The Morgan fingerprint density at radius 2 is 2.17 bits per heavy atom. The van der Waals surface area contributed by atoms with Crippen LogP contribution in [0.2, 0.25) is 0 Å². The highest BCUT2D eigenvalue weighted by molar-refractivity contribution is 5.92. The molecule has 0 amide bonds. The van der Waals surface area contributed by atoms with E-state index in [1.165, 1.54) is 17.1 Å². The minimum absolute atomic E-state index is 0.181. The molecule has 2 aromatic rings. The summed E-state index contributed by atoms with van der Waals surface area (Å²) in [4.78, 5) is 7.99. The molecule has 2 aromatic heterocycles. The Morgan fingerprint density at radius 3 is 2.74 bits per heavy atom. The number of hydrogen-bond acceptors (Lipinski definition) is 7. The molecular formula is C15H14N4O4. The zero-order valence-corrected chi connectivity index (χ0v) is 11.9. The third-order valence-electron chi connectivity index (χ3n) is 3.98. The summed E-state index contributed by atoms with van der Waals surface area (Å²) in [6, 6.07) is 0. The lowest BCUT2D eigenvalue weighted by Gasteiger charge is -2.24. The maximum absolute atomic E-state index is 10.4. The molecule has 1 saturated heterocycles. The summed E-state index contributed by atoms with van der Waals surface area (Å²) in [5, 5.41) is 30.5. The van der Waals surface area contributed by atoms with Crippen LogP contribution in [0.25, 0.3) is 11.0 Å². The lowest BCUT2D eigenvalue weighted by Crippen LogP contribution is -2.47. The van der Waals surface area contributed by atoms with Crippen molar-refractivity contribution in [1.82, 2.24) is 14.5 Å². The number of ether oxygens (including phenoxy) is 1. The predicted octanol–water partition coefficient (Wildman–Crippen LogP) is -1.39. The van der Waals surface area contributed by atoms with E-state index in [0.29, 0.717) is 16.6 Å². The number of aliphatic hydroxyl groups is 3. The first kappa shape index (κ1) is 15.3. The van der Waals surface area contributed by atoms with Crippen LogP contribution in [-0.2, 0) is 4.74 Å². The summed E-state index contributed by atoms with van der Waals surface area (Å²) in [7, 11) is 0. The number of fused-ring (bicyclic) bond motifs is 1. The Hall–Kier alpha value is -2.62. The van der Waals surface area contributed by atoms with Crippen LogP contribution in [0.1, 0.15) is 11.8 Å². The van der Waals surface area contributed by atoms with Crippen LogP contribution >= 0.6 is 0 Å². The number of hydrogen-bond donors (Lipinski definition) is 4. The van der Waals surface area contributed by atoms with Gasteiger partial charge in [-0.2, -0.15) is 0 Å². The number of aliphatic hydroxyl groups excluding tert-OH is 2. The molecule has 118 valence electrons. The first-order valence-electron chi connectivity index (χ1n) is 6.70. The van der Waals surface area contributed by atoms with E-state index in [1.807, 2.05) is 0 Å². The number of terminal acetylenes is 2. The van der Waals surface area contributed by atoms with Crippen molar-refractivity contribution in [3.05, 3.63) is 18.1 Å². The molecule has 23 heavy (non-hydrogen) atoms. The van der Waals surface area contributed by atoms with Crippen molar-refractivity contribution >= 4 is 16.9 Å². The van der Waals surface area contributed by atoms with Crippen molar-refractivity contribution in [3.8, 4) is 24.7 Å². The summed E-state index contributed by atoms with van der Waals surface area (Å²) >= 11 is 0. The van der Waals surface area contributed by atoms with E-state index in [-0.39, 0.29) is 5.82 Å². The fraction of sp³-hybridized carbons (Fsp3) is 0.333. The van der Waals surface area contributed by atoms with Gasteiger partial charge in [0.15, 0.2) is 11.8 Å². The molecule has 0 radical (unpaired) electrons. The van der Waals surface area contributed by atoms with Crippen molar-refractivity contribution in [1.29, 1.82) is 0 Å². The van der Waals surface area contributed by atoms with E-state index < -0.39 is 30.6 Å². The van der Waals surface area contributed by atoms with E-state index in [9.17, 15) is 15.3 Å². The van der Waals surface area contributed by atoms with E-state index in [1.54, 1.807) is 0 Å². The highest BCUT2D eigenvalue weighted by Crippen LogP contribution is 2.39. The molecule has 1 aliphatic heterocycles. The van der Waals surface area contributed by atoms with Crippen LogP contribution < -0.4 is 5.73 Å². The van der Waals surface area contributed by atoms with Gasteiger partial charge in [0.05, 0.1) is 17.6 Å². The second-order valence-corrected chi connectivity index (χ2v) is 5.16. The molecule has 8 heteroatoms. The van der Waals surface area contributed by atoms with Crippen LogP contribution in [0.3, 0.4) is 0 Å². The standard InChI is InChI=1S/C15H14N4O4/c1-3-8-5-19(13-10(8)12(16)17-7-18-13)14-11(21)15(22,4-2)9(6-20)23-14/h1-2,5,7,9,11,14,20-22H,6H2,(H2,16,17,18)/t9-,11+,14-,15-/m1/s1. The highest BCUT2D eigenvalue weighted by atomic mass is 16.6. The van der Waals surface area contributed by atoms with Crippen molar-refractivity contribution in [2.45, 2.75) is 24.0 Å². The van der Waals surface area contributed by atoms with Crippen LogP contribution in [0.5, 0.6) is 0 Å². The maximum atomic E-state index is 10.4. The van der Waals surface area contributed by atoms with Gasteiger partial charge in [-0.25, -0.2) is 9.97 Å². The van der Waals surface area contributed by atoms with Gasteiger partial charge in [0.2, 0.25) is 0 Å². The average Bonchev–Trinajstić information content (AvgIpc) is 3.05. The van der Waals surface area contributed by atoms with E-state index in [0.717, 1.165) is 0 Å². The average molecular weight is 314 g/mol. The zero-order chi connectivity index (χ0) is 16.8. The molecule has 0 aliphatic carbocycles. The number of rotatable bonds is 2. The number of nitrogen functional groups attached to an aromatic ring is 1. The topological polar surface area (TPSA) is 127 Å². The van der Waals surface area contributed by atoms with Gasteiger partial charge in [0.1, 0.15) is 30.0 Å². The minimum Gasteiger partial charge on any atom is -0.394 e. The molecule has 0 aromatic carbocycles. The summed E-state index contributed by atoms with van der Waals surface area (Å²) < 4.78 is 6.94. The van der Waals surface area contributed by atoms with Gasteiger partial charge < -0.3 is 30.4 Å². The van der Waals surface area contributed by atoms with Crippen LogP contribution in [0, 0.1) is 24.7 Å². The molecule has 0 bridgehead atoms. The van der Waals surface area contributed by atoms with Crippen molar-refractivity contribution in [2.75, 3.05) is 12.3 Å². The quantitative estimate of drug-likeness (QED) is 0.503. The van der Waals surface area contributed by atoms with Crippen molar-refractivity contribution in [2.24, 2.45) is 0 Å². The van der Waals surface area contributed by atoms with Crippen LogP contribution in [0.4, 0.5) is 5.82 Å². The Bertz CT molecular complexity index is 850. The SMILES string of the molecule is C#Cc1cn([C@@H]2O[C@H](CO)[C@](O)(C#C)[C@H]2O)c2ncnc(N)c12. The maximum Gasteiger partial charge on any atom is 0.183 e. The molecule has 8 nitrogen and oxygen atoms in total. The normalized spacial score (nSPS) is 30.2. The minimum atomic E-state index is -2.04. The van der Waals surface area contributed by atoms with Gasteiger partial charge in [-0.1, -0.05) is 11.8 Å². The highest BCUT2D eigenvalue weighted by Gasteiger charge is 2.55. The second-order valence-electron chi connectivity index (χ2n) is 5.16. The molecule has 3 rings (SSSR count). The van der Waals surface area contributed by atoms with E-state index in [2.05, 4.69) is 21.8 Å². The monoisotopic (exact) mass is 314 g/mol. The Labute approximate surface area is 131 Å². The van der Waals surface area contributed by atoms with E-state index in [4.69, 9.17) is 23.3 Å². The predicted molar refractivity (Wildman–Crippen MR) is 80.7 cm³/mol. The zero-order valence-electron chi connectivity index (χ0n) is 11.9. The lowest BCUT2D eigenvalue weighted by molar-refractivity contribution is -0.0604. The van der Waals surface area contributed by atoms with Gasteiger partial charge in [-0.3, -0.25) is 0 Å². The summed E-state index contributed by atoms with van der Waals surface area (Å²) in [5.41, 5.74) is 4.52. The largest absolute Gasteiger partial charge is 0.394 e. The van der Waals surface area contributed by atoms with Gasteiger partial charge in [0, 0.05) is 6.20 Å². The molecule has 0 unspecified atom stereocenters. The summed E-state index contributed by atoms with van der Waals surface area (Å²) in [5.74, 6) is 4.72. The molecule has 5 N–H and O–H groups in total. The van der Waals surface area contributed by atoms with Crippen LogP contribution in [-0.4, -0.2) is 54.3 Å². The molecule has 4 atom stereocenters. The Balaban J connectivity index is 2.18. The Kier molecular flexibility index (Phi) is 3.48. The number of nitrogens with zero attached hydrogens (tertiary/aromatic N) is 3. The summed E-state index contributed by atoms with van der Waals surface area (Å²) in [6.07, 6.45) is 9.76. The van der Waals surface area contributed by atoms with Gasteiger partial charge >= 0.3 is 0 Å². The van der Waals surface area contributed by atoms with E-state index >= 15 is 0 Å².